The number of amides is 2. The maximum absolute atomic E-state index is 13.0. The second-order valence-corrected chi connectivity index (χ2v) is 20.2. The van der Waals surface area contributed by atoms with Crippen molar-refractivity contribution in [2.45, 2.75) is 43.9 Å². The van der Waals surface area contributed by atoms with Gasteiger partial charge in [-0.2, -0.15) is 8.88 Å². The van der Waals surface area contributed by atoms with E-state index in [1.807, 2.05) is 38.0 Å². The molecule has 0 radical (unpaired) electrons. The lowest BCUT2D eigenvalue weighted by molar-refractivity contribution is -0.645. The molecule has 0 aliphatic carbocycles. The summed E-state index contributed by atoms with van der Waals surface area (Å²) in [5, 5.41) is 18.6. The molecular weight excluding hydrogens is 897 g/mol. The third-order valence-electron chi connectivity index (χ3n) is 9.49. The zero-order valence-corrected chi connectivity index (χ0v) is 37.1. The predicted molar refractivity (Wildman–Crippen MR) is 227 cm³/mol. The highest BCUT2D eigenvalue weighted by Crippen LogP contribution is 2.66. The molecule has 2 unspecified atom stereocenters. The highest BCUT2D eigenvalue weighted by molar-refractivity contribution is 8.08. The van der Waals surface area contributed by atoms with Gasteiger partial charge in [0.15, 0.2) is 23.8 Å². The van der Waals surface area contributed by atoms with E-state index in [4.69, 9.17) is 29.5 Å². The lowest BCUT2D eigenvalue weighted by Crippen LogP contribution is -2.41. The number of nitrogens with zero attached hydrogens (tertiary/aromatic N) is 7. The van der Waals surface area contributed by atoms with Gasteiger partial charge in [0.1, 0.15) is 30.6 Å². The van der Waals surface area contributed by atoms with E-state index in [2.05, 4.69) is 93.0 Å². The van der Waals surface area contributed by atoms with Crippen molar-refractivity contribution in [3.8, 4) is 0 Å². The Balaban J connectivity index is 1.06. The zero-order valence-electron chi connectivity index (χ0n) is 33.6. The molecule has 62 heavy (non-hydrogen) atoms. The minimum absolute atomic E-state index is 0.00670. The van der Waals surface area contributed by atoms with E-state index in [0.29, 0.717) is 13.0 Å². The van der Waals surface area contributed by atoms with E-state index < -0.39 is 59.6 Å². The molecule has 4 heterocycles. The van der Waals surface area contributed by atoms with Crippen LogP contribution in [0, 0.1) is 0 Å². The molecule has 9 N–H and O–H groups in total. The van der Waals surface area contributed by atoms with Crippen molar-refractivity contribution >= 4 is 96.3 Å². The summed E-state index contributed by atoms with van der Waals surface area (Å²) in [6, 6.07) is 14.7. The third kappa shape index (κ3) is 11.6. The van der Waals surface area contributed by atoms with Gasteiger partial charge in [0, 0.05) is 88.4 Å². The molecule has 24 nitrogen and oxygen atoms in total. The molecule has 0 bridgehead atoms. The molecule has 2 aromatic carbocycles. The number of aryl methyl sites for hydroxylation is 1. The van der Waals surface area contributed by atoms with Gasteiger partial charge in [0.2, 0.25) is 16.9 Å². The Labute approximate surface area is 358 Å². The monoisotopic (exact) mass is 943 g/mol. The molecule has 1 aliphatic heterocycles. The first-order valence-corrected chi connectivity index (χ1v) is 24.2. The van der Waals surface area contributed by atoms with E-state index >= 15 is 0 Å². The van der Waals surface area contributed by atoms with Gasteiger partial charge in [-0.25, -0.2) is 33.2 Å². The number of nitrogen functional groups attached to an aromatic ring is 1. The lowest BCUT2D eigenvalue weighted by Gasteiger charge is -2.22. The summed E-state index contributed by atoms with van der Waals surface area (Å²) in [6.07, 6.45) is -4.38. The number of nitrogens with one attached hydrogen (secondary N) is 2. The number of hydrogen-bond donors (Lipinski definition) is 8. The van der Waals surface area contributed by atoms with Crippen LogP contribution in [0.3, 0.4) is 0 Å². The van der Waals surface area contributed by atoms with Crippen molar-refractivity contribution in [3.63, 3.8) is 0 Å². The van der Waals surface area contributed by atoms with Gasteiger partial charge >= 0.3 is 28.5 Å². The van der Waals surface area contributed by atoms with Crippen LogP contribution in [-0.4, -0.2) is 122 Å². The van der Waals surface area contributed by atoms with Crippen molar-refractivity contribution < 1.29 is 70.6 Å². The Kier molecular flexibility index (Phi) is 14.5. The van der Waals surface area contributed by atoms with Crippen LogP contribution in [-0.2, 0) is 54.9 Å². The molecule has 5 aromatic rings. The molecule has 3 aromatic heterocycles. The number of aliphatic hydroxyl groups is 1. The second-order valence-electron chi connectivity index (χ2n) is 14.3. The van der Waals surface area contributed by atoms with Crippen molar-refractivity contribution in [2.75, 3.05) is 63.4 Å². The number of rotatable bonds is 18. The van der Waals surface area contributed by atoms with Gasteiger partial charge < -0.3 is 60.3 Å². The number of aliphatic hydroxyl groups excluding tert-OH is 1. The predicted octanol–water partition coefficient (Wildman–Crippen LogP) is 1.54. The van der Waals surface area contributed by atoms with Gasteiger partial charge in [0.25, 0.3) is 0 Å². The van der Waals surface area contributed by atoms with Crippen LogP contribution in [0.15, 0.2) is 55.1 Å². The minimum Gasteiger partial charge on any atom is -0.439 e. The molecular formula is C34H46N10O14P3S+. The van der Waals surface area contributed by atoms with Crippen molar-refractivity contribution in [2.24, 2.45) is 0 Å². The standard InChI is InChI=1S/C34H45N10O14P3S/c1-41(2)22-9-7-20-14-21-8-10-23(42(3)4)16-25(21)43(24(20)15-22)13-5-6-27(45)36-11-12-37-34(47)56-30-29(46)26(17-54-59(48,49)57-60(50,51)58-61(52,53)62)55-33(30)44-19-40-28-31(35)38-18-39-32(28)44/h7-10,14-16,18-19,26,29-30,33,46H,5-6,11-13,17H2,1-4H3,(H7-,35,36,37,38,39,45,47,48,49,50,51,52,53,62)/p+1/t26-,29-,30-,33-/m1/s1. The Hall–Kier alpha value is -4.45. The summed E-state index contributed by atoms with van der Waals surface area (Å²) in [6.45, 7) is -5.35. The SMILES string of the molecule is CN(C)c1ccc2cc3ccc(N(C)C)cc3[n+](CCCC(=O)NCCNC(=O)O[C@@H]3[C@H](O)[C@@H](COP(=O)(O)OP(=O)(O)OP(O)(O)=S)O[C@H]3n3cnc4c(N)ncnc43)c2c1. The molecule has 1 saturated heterocycles. The van der Waals surface area contributed by atoms with E-state index in [-0.39, 0.29) is 42.4 Å². The highest BCUT2D eigenvalue weighted by Gasteiger charge is 2.49. The maximum Gasteiger partial charge on any atom is 0.488 e. The first kappa shape index (κ1) is 47.0. The first-order valence-electron chi connectivity index (χ1n) is 18.6. The Morgan fingerprint density at radius 2 is 1.55 bits per heavy atom. The number of benzene rings is 2. The molecule has 6 atom stereocenters. The number of hydrogen-bond acceptors (Lipinski definition) is 17. The summed E-state index contributed by atoms with van der Waals surface area (Å²) in [5.41, 5.74) is 10.3. The molecule has 0 spiro atoms. The maximum atomic E-state index is 13.0. The fraction of sp³-hybridized carbons (Fsp3) is 0.412. The van der Waals surface area contributed by atoms with Crippen molar-refractivity contribution in [1.29, 1.82) is 0 Å². The van der Waals surface area contributed by atoms with E-state index in [1.165, 1.54) is 10.9 Å². The Bertz CT molecular complexity index is 2550. The number of nitrogens with two attached hydrogens (primary N) is 1. The van der Waals surface area contributed by atoms with Gasteiger partial charge in [-0.1, -0.05) is 0 Å². The van der Waals surface area contributed by atoms with Gasteiger partial charge in [-0.05, 0) is 42.1 Å². The number of carbonyl (C=O) groups excluding carboxylic acids is 2. The fourth-order valence-electron chi connectivity index (χ4n) is 6.62. The largest absolute Gasteiger partial charge is 0.488 e. The number of pyridine rings is 1. The number of alkyl carbamates (subject to hydrolysis) is 1. The summed E-state index contributed by atoms with van der Waals surface area (Å²) >= 11 is 4.08. The number of carbonyl (C=O) groups is 2. The number of aromatic nitrogens is 5. The van der Waals surface area contributed by atoms with Crippen LogP contribution in [0.1, 0.15) is 19.1 Å². The van der Waals surface area contributed by atoms with E-state index in [9.17, 15) is 33.6 Å². The average molecular weight is 944 g/mol. The first-order chi connectivity index (χ1) is 29.1. The number of phosphoric acid groups is 2. The van der Waals surface area contributed by atoms with Crippen LogP contribution >= 0.6 is 22.4 Å². The molecule has 336 valence electrons. The van der Waals surface area contributed by atoms with Crippen molar-refractivity contribution in [1.82, 2.24) is 30.2 Å². The van der Waals surface area contributed by atoms with Crippen LogP contribution in [0.5, 0.6) is 0 Å². The molecule has 0 saturated carbocycles. The minimum atomic E-state index is -5.63. The smallest absolute Gasteiger partial charge is 0.439 e. The van der Waals surface area contributed by atoms with Crippen LogP contribution in [0.2, 0.25) is 0 Å². The third-order valence-corrected chi connectivity index (χ3v) is 13.9. The molecule has 1 aliphatic rings. The van der Waals surface area contributed by atoms with Crippen LogP contribution in [0.4, 0.5) is 22.0 Å². The number of fused-ring (bicyclic) bond motifs is 3. The number of phosphoric ester groups is 1. The van der Waals surface area contributed by atoms with E-state index in [0.717, 1.165) is 39.5 Å². The summed E-state index contributed by atoms with van der Waals surface area (Å²) in [5.74, 6) is -0.260. The fourth-order valence-corrected chi connectivity index (χ4v) is 10.4. The van der Waals surface area contributed by atoms with Gasteiger partial charge in [-0.15, -0.1) is 0 Å². The summed E-state index contributed by atoms with van der Waals surface area (Å²) in [7, 11) is -3.25. The molecule has 1 fully saturated rings. The highest BCUT2D eigenvalue weighted by atomic mass is 32.5. The van der Waals surface area contributed by atoms with Gasteiger partial charge in [0.05, 0.1) is 12.9 Å². The summed E-state index contributed by atoms with van der Waals surface area (Å²) < 4.78 is 51.8. The normalized spacial score (nSPS) is 19.9. The number of anilines is 3. The molecule has 6 rings (SSSR count). The Morgan fingerprint density at radius 3 is 2.16 bits per heavy atom. The van der Waals surface area contributed by atoms with Crippen LogP contribution < -0.4 is 30.7 Å². The topological polar surface area (TPSA) is 320 Å². The summed E-state index contributed by atoms with van der Waals surface area (Å²) in [4.78, 5) is 80.1. The Morgan fingerprint density at radius 1 is 0.919 bits per heavy atom. The molecule has 28 heteroatoms. The average Bonchev–Trinajstić information content (AvgIpc) is 3.74. The molecule has 2 amide bonds. The number of imidazole rings is 1. The van der Waals surface area contributed by atoms with Gasteiger partial charge in [-0.3, -0.25) is 13.9 Å². The number of ether oxygens (including phenoxy) is 2. The van der Waals surface area contributed by atoms with Crippen molar-refractivity contribution in [3.05, 3.63) is 55.1 Å². The van der Waals surface area contributed by atoms with Crippen LogP contribution in [0.25, 0.3) is 33.0 Å². The van der Waals surface area contributed by atoms with E-state index in [1.54, 1.807) is 0 Å². The second kappa shape index (κ2) is 19.1. The quantitative estimate of drug-likeness (QED) is 0.0267. The lowest BCUT2D eigenvalue weighted by atomic mass is 10.1. The zero-order chi connectivity index (χ0) is 45.1.